The van der Waals surface area contributed by atoms with Crippen LogP contribution in [0.5, 0.6) is 0 Å². The molecule has 0 spiro atoms. The lowest BCUT2D eigenvalue weighted by Gasteiger charge is -2.33. The summed E-state index contributed by atoms with van der Waals surface area (Å²) in [6, 6.07) is 17.4. The Hall–Kier alpha value is -1.45. The van der Waals surface area contributed by atoms with Crippen molar-refractivity contribution >= 4 is 23.1 Å². The molecule has 20 heavy (non-hydrogen) atoms. The molecular formula is C17H22N2S. The molecule has 3 N–H and O–H groups in total. The van der Waals surface area contributed by atoms with Crippen molar-refractivity contribution in [2.45, 2.75) is 30.1 Å². The topological polar surface area (TPSA) is 38.2 Å². The maximum atomic E-state index is 2.47. The Kier molecular flexibility index (Phi) is 4.73. The summed E-state index contributed by atoms with van der Waals surface area (Å²) < 4.78 is 0. The van der Waals surface area contributed by atoms with Crippen LogP contribution in [-0.4, -0.2) is 6.54 Å². The van der Waals surface area contributed by atoms with Crippen LogP contribution in [0, 0.1) is 5.92 Å². The van der Waals surface area contributed by atoms with Gasteiger partial charge in [0.25, 0.3) is 0 Å². The molecule has 0 aliphatic carbocycles. The van der Waals surface area contributed by atoms with Gasteiger partial charge in [-0.3, -0.25) is 0 Å². The summed E-state index contributed by atoms with van der Waals surface area (Å²) in [4.78, 5) is 5.20. The normalized spacial score (nSPS) is 12.7. The second kappa shape index (κ2) is 6.33. The molecule has 0 amide bonds. The van der Waals surface area contributed by atoms with Crippen molar-refractivity contribution < 1.29 is 0 Å². The van der Waals surface area contributed by atoms with E-state index in [1.165, 1.54) is 27.6 Å². The van der Waals surface area contributed by atoms with Crippen LogP contribution >= 0.6 is 11.8 Å². The van der Waals surface area contributed by atoms with Crippen LogP contribution in [0.1, 0.15) is 20.3 Å². The maximum absolute atomic E-state index is 2.47. The highest BCUT2D eigenvalue weighted by molar-refractivity contribution is 7.99. The SMILES string of the molecule is CC(C)CCN1c2ccccc2Sc2ccccc21.N. The van der Waals surface area contributed by atoms with E-state index in [1.807, 2.05) is 11.8 Å². The van der Waals surface area contributed by atoms with Crippen molar-refractivity contribution in [3.63, 3.8) is 0 Å². The van der Waals surface area contributed by atoms with Crippen molar-refractivity contribution in [2.24, 2.45) is 5.92 Å². The minimum atomic E-state index is 0. The number of hydrogen-bond acceptors (Lipinski definition) is 3. The van der Waals surface area contributed by atoms with Crippen molar-refractivity contribution in [1.29, 1.82) is 0 Å². The molecule has 0 aromatic heterocycles. The molecule has 0 atom stereocenters. The molecule has 3 rings (SSSR count). The molecule has 0 bridgehead atoms. The molecule has 2 nitrogen and oxygen atoms in total. The molecule has 0 saturated carbocycles. The van der Waals surface area contributed by atoms with E-state index in [1.54, 1.807) is 0 Å². The summed E-state index contributed by atoms with van der Waals surface area (Å²) in [5.74, 6) is 0.730. The first-order valence-electron chi connectivity index (χ1n) is 6.89. The molecular weight excluding hydrogens is 264 g/mol. The third-order valence-corrected chi connectivity index (χ3v) is 4.59. The van der Waals surface area contributed by atoms with Gasteiger partial charge in [-0.1, -0.05) is 49.9 Å². The number of hydrogen-bond donors (Lipinski definition) is 1. The lowest BCUT2D eigenvalue weighted by atomic mass is 10.1. The van der Waals surface area contributed by atoms with Crippen molar-refractivity contribution in [3.8, 4) is 0 Å². The first-order chi connectivity index (χ1) is 9.25. The quantitative estimate of drug-likeness (QED) is 0.810. The Labute approximate surface area is 125 Å². The lowest BCUT2D eigenvalue weighted by Crippen LogP contribution is -2.22. The van der Waals surface area contributed by atoms with E-state index in [4.69, 9.17) is 0 Å². The second-order valence-electron chi connectivity index (χ2n) is 5.37. The first-order valence-corrected chi connectivity index (χ1v) is 7.71. The molecule has 2 aromatic rings. The highest BCUT2D eigenvalue weighted by atomic mass is 32.2. The highest BCUT2D eigenvalue weighted by Gasteiger charge is 2.22. The van der Waals surface area contributed by atoms with Gasteiger partial charge in [-0.05, 0) is 36.6 Å². The van der Waals surface area contributed by atoms with Crippen molar-refractivity contribution in [2.75, 3.05) is 11.4 Å². The Bertz CT molecular complexity index is 535. The number of nitrogens with zero attached hydrogens (tertiary/aromatic N) is 1. The second-order valence-corrected chi connectivity index (χ2v) is 6.46. The van der Waals surface area contributed by atoms with E-state index >= 15 is 0 Å². The van der Waals surface area contributed by atoms with Gasteiger partial charge in [0.15, 0.2) is 0 Å². The molecule has 106 valence electrons. The lowest BCUT2D eigenvalue weighted by molar-refractivity contribution is 0.589. The summed E-state index contributed by atoms with van der Waals surface area (Å²) in [5.41, 5.74) is 2.71. The van der Waals surface area contributed by atoms with Gasteiger partial charge in [0.1, 0.15) is 0 Å². The fraction of sp³-hybridized carbons (Fsp3) is 0.294. The van der Waals surface area contributed by atoms with Gasteiger partial charge in [-0.25, -0.2) is 0 Å². The van der Waals surface area contributed by atoms with Crippen LogP contribution < -0.4 is 11.1 Å². The number of para-hydroxylation sites is 2. The highest BCUT2D eigenvalue weighted by Crippen LogP contribution is 2.47. The molecule has 1 aliphatic rings. The largest absolute Gasteiger partial charge is 0.344 e. The predicted octanol–water partition coefficient (Wildman–Crippen LogP) is 5.50. The van der Waals surface area contributed by atoms with E-state index in [-0.39, 0.29) is 6.15 Å². The summed E-state index contributed by atoms with van der Waals surface area (Å²) >= 11 is 1.88. The Morgan fingerprint density at radius 3 is 1.90 bits per heavy atom. The zero-order valence-electron chi connectivity index (χ0n) is 12.2. The van der Waals surface area contributed by atoms with Gasteiger partial charge in [-0.15, -0.1) is 0 Å². The van der Waals surface area contributed by atoms with Crippen LogP contribution in [-0.2, 0) is 0 Å². The standard InChI is InChI=1S/C17H19NS.H3N/c1-13(2)11-12-18-14-7-3-5-9-16(14)19-17-10-6-4-8-15(17)18;/h3-10,13H,11-12H2,1-2H3;1H3. The molecule has 2 aromatic carbocycles. The van der Waals surface area contributed by atoms with E-state index in [0.717, 1.165) is 12.5 Å². The van der Waals surface area contributed by atoms with E-state index in [2.05, 4.69) is 67.3 Å². The van der Waals surface area contributed by atoms with Crippen LogP contribution in [0.2, 0.25) is 0 Å². The molecule has 0 fully saturated rings. The zero-order chi connectivity index (χ0) is 13.2. The summed E-state index contributed by atoms with van der Waals surface area (Å²) in [7, 11) is 0. The average Bonchev–Trinajstić information content (AvgIpc) is 2.43. The van der Waals surface area contributed by atoms with Gasteiger partial charge in [0.2, 0.25) is 0 Å². The predicted molar refractivity (Wildman–Crippen MR) is 88.5 cm³/mol. The number of rotatable bonds is 3. The Balaban J connectivity index is 0.00000147. The number of fused-ring (bicyclic) bond motifs is 2. The summed E-state index contributed by atoms with van der Waals surface area (Å²) in [6.07, 6.45) is 1.22. The maximum Gasteiger partial charge on any atom is 0.0552 e. The molecule has 0 radical (unpaired) electrons. The van der Waals surface area contributed by atoms with Gasteiger partial charge < -0.3 is 11.1 Å². The molecule has 1 aliphatic heterocycles. The van der Waals surface area contributed by atoms with E-state index < -0.39 is 0 Å². The minimum Gasteiger partial charge on any atom is -0.344 e. The van der Waals surface area contributed by atoms with Crippen molar-refractivity contribution in [1.82, 2.24) is 6.15 Å². The van der Waals surface area contributed by atoms with Gasteiger partial charge >= 0.3 is 0 Å². The third-order valence-electron chi connectivity index (χ3n) is 3.46. The van der Waals surface area contributed by atoms with Gasteiger partial charge in [0.05, 0.1) is 11.4 Å². The van der Waals surface area contributed by atoms with Crippen LogP contribution in [0.4, 0.5) is 11.4 Å². The average molecular weight is 286 g/mol. The molecule has 1 heterocycles. The summed E-state index contributed by atoms with van der Waals surface area (Å²) in [5, 5.41) is 0. The van der Waals surface area contributed by atoms with Crippen molar-refractivity contribution in [3.05, 3.63) is 48.5 Å². The monoisotopic (exact) mass is 286 g/mol. The van der Waals surface area contributed by atoms with Crippen LogP contribution in [0.15, 0.2) is 58.3 Å². The van der Waals surface area contributed by atoms with E-state index in [9.17, 15) is 0 Å². The number of benzene rings is 2. The van der Waals surface area contributed by atoms with E-state index in [0.29, 0.717) is 0 Å². The smallest absolute Gasteiger partial charge is 0.0552 e. The summed E-state index contributed by atoms with van der Waals surface area (Å²) in [6.45, 7) is 5.67. The van der Waals surface area contributed by atoms with Gasteiger partial charge in [-0.2, -0.15) is 0 Å². The Morgan fingerprint density at radius 2 is 1.40 bits per heavy atom. The van der Waals surface area contributed by atoms with Gasteiger partial charge in [0, 0.05) is 16.3 Å². The van der Waals surface area contributed by atoms with Crippen LogP contribution in [0.25, 0.3) is 0 Å². The first kappa shape index (κ1) is 14.9. The number of anilines is 2. The molecule has 0 saturated heterocycles. The fourth-order valence-corrected chi connectivity index (χ4v) is 3.51. The van der Waals surface area contributed by atoms with Crippen LogP contribution in [0.3, 0.4) is 0 Å². The minimum absolute atomic E-state index is 0. The Morgan fingerprint density at radius 1 is 0.900 bits per heavy atom. The third kappa shape index (κ3) is 2.84. The molecule has 3 heteroatoms. The zero-order valence-corrected chi connectivity index (χ0v) is 13.0. The fourth-order valence-electron chi connectivity index (χ4n) is 2.41. The molecule has 0 unspecified atom stereocenters.